The molecule has 4 rings (SSSR count). The first-order valence-electron chi connectivity index (χ1n) is 9.97. The standard InChI is InChI=1S/C22H29N3O/c1-16-7-6-10-21(17(16)2)26-15-25-12-11-20-19(14-25)13-23-22(24-20)18-8-4-3-5-9-18/h6-7,10,13,18H,3-5,8-9,11-12,14-15H2,1-2H3. The molecule has 2 aromatic rings. The first kappa shape index (κ1) is 17.5. The third-order valence-electron chi connectivity index (χ3n) is 5.96. The van der Waals surface area contributed by atoms with Crippen LogP contribution in [-0.4, -0.2) is 28.1 Å². The minimum atomic E-state index is 0.583. The van der Waals surface area contributed by atoms with Gasteiger partial charge in [0.15, 0.2) is 0 Å². The summed E-state index contributed by atoms with van der Waals surface area (Å²) in [5, 5.41) is 0. The highest BCUT2D eigenvalue weighted by Gasteiger charge is 2.22. The van der Waals surface area contributed by atoms with Gasteiger partial charge in [0.2, 0.25) is 0 Å². The molecule has 1 aliphatic carbocycles. The van der Waals surface area contributed by atoms with Crippen LogP contribution >= 0.6 is 0 Å². The lowest BCUT2D eigenvalue weighted by Crippen LogP contribution is -2.34. The van der Waals surface area contributed by atoms with Gasteiger partial charge in [-0.1, -0.05) is 31.4 Å². The van der Waals surface area contributed by atoms with Gasteiger partial charge in [-0.05, 0) is 43.9 Å². The normalized spacial score (nSPS) is 18.5. The van der Waals surface area contributed by atoms with E-state index in [-0.39, 0.29) is 0 Å². The highest BCUT2D eigenvalue weighted by atomic mass is 16.5. The molecular formula is C22H29N3O. The number of benzene rings is 1. The Labute approximate surface area is 156 Å². The molecule has 0 atom stereocenters. The van der Waals surface area contributed by atoms with Gasteiger partial charge in [-0.25, -0.2) is 9.97 Å². The van der Waals surface area contributed by atoms with E-state index in [4.69, 9.17) is 14.7 Å². The molecule has 2 heterocycles. The molecule has 1 aromatic carbocycles. The third-order valence-corrected chi connectivity index (χ3v) is 5.96. The molecule has 1 aromatic heterocycles. The second kappa shape index (κ2) is 7.75. The fraction of sp³-hybridized carbons (Fsp3) is 0.545. The van der Waals surface area contributed by atoms with Gasteiger partial charge in [-0.15, -0.1) is 0 Å². The summed E-state index contributed by atoms with van der Waals surface area (Å²) in [5.41, 5.74) is 5.02. The Bertz CT molecular complexity index is 768. The summed E-state index contributed by atoms with van der Waals surface area (Å²) >= 11 is 0. The van der Waals surface area contributed by atoms with Crippen molar-refractivity contribution in [1.29, 1.82) is 0 Å². The van der Waals surface area contributed by atoms with Crippen LogP contribution in [-0.2, 0) is 13.0 Å². The second-order valence-electron chi connectivity index (χ2n) is 7.81. The summed E-state index contributed by atoms with van der Waals surface area (Å²) in [7, 11) is 0. The Morgan fingerprint density at radius 2 is 2.00 bits per heavy atom. The van der Waals surface area contributed by atoms with Crippen LogP contribution in [0.15, 0.2) is 24.4 Å². The largest absolute Gasteiger partial charge is 0.478 e. The zero-order valence-electron chi connectivity index (χ0n) is 16.0. The summed E-state index contributed by atoms with van der Waals surface area (Å²) < 4.78 is 6.08. The topological polar surface area (TPSA) is 38.2 Å². The first-order chi connectivity index (χ1) is 12.7. The highest BCUT2D eigenvalue weighted by molar-refractivity contribution is 5.38. The van der Waals surface area contributed by atoms with Crippen LogP contribution in [0.3, 0.4) is 0 Å². The van der Waals surface area contributed by atoms with Crippen LogP contribution in [0.25, 0.3) is 0 Å². The van der Waals surface area contributed by atoms with Crippen LogP contribution in [0.2, 0.25) is 0 Å². The van der Waals surface area contributed by atoms with Gasteiger partial charge in [-0.3, -0.25) is 4.90 Å². The summed E-state index contributed by atoms with van der Waals surface area (Å²) in [5.74, 6) is 2.66. The molecule has 0 saturated heterocycles. The van der Waals surface area contributed by atoms with Crippen molar-refractivity contribution in [2.75, 3.05) is 13.3 Å². The number of hydrogen-bond acceptors (Lipinski definition) is 4. The average Bonchev–Trinajstić information content (AvgIpc) is 2.69. The van der Waals surface area contributed by atoms with E-state index >= 15 is 0 Å². The van der Waals surface area contributed by atoms with Gasteiger partial charge in [0.1, 0.15) is 18.3 Å². The van der Waals surface area contributed by atoms with E-state index in [1.54, 1.807) is 0 Å². The maximum Gasteiger partial charge on any atom is 0.142 e. The molecular weight excluding hydrogens is 322 g/mol. The Morgan fingerprint density at radius 1 is 1.15 bits per heavy atom. The van der Waals surface area contributed by atoms with Gasteiger partial charge in [0.05, 0.1) is 0 Å². The molecule has 138 valence electrons. The lowest BCUT2D eigenvalue weighted by atomic mass is 9.88. The van der Waals surface area contributed by atoms with E-state index in [1.165, 1.54) is 54.5 Å². The zero-order chi connectivity index (χ0) is 17.9. The van der Waals surface area contributed by atoms with E-state index in [2.05, 4.69) is 43.1 Å². The minimum absolute atomic E-state index is 0.583. The summed E-state index contributed by atoms with van der Waals surface area (Å²) in [6.45, 7) is 6.75. The van der Waals surface area contributed by atoms with Crippen molar-refractivity contribution in [1.82, 2.24) is 14.9 Å². The average molecular weight is 351 g/mol. The summed E-state index contributed by atoms with van der Waals surface area (Å²) in [6.07, 6.45) is 9.60. The Balaban J connectivity index is 1.39. The van der Waals surface area contributed by atoms with Crippen molar-refractivity contribution in [2.24, 2.45) is 0 Å². The smallest absolute Gasteiger partial charge is 0.142 e. The van der Waals surface area contributed by atoms with Gasteiger partial charge >= 0.3 is 0 Å². The van der Waals surface area contributed by atoms with Crippen LogP contribution in [0, 0.1) is 13.8 Å². The molecule has 0 unspecified atom stereocenters. The van der Waals surface area contributed by atoms with Crippen molar-refractivity contribution >= 4 is 0 Å². The van der Waals surface area contributed by atoms with Crippen LogP contribution < -0.4 is 4.74 Å². The van der Waals surface area contributed by atoms with Crippen molar-refractivity contribution in [3.05, 3.63) is 52.6 Å². The molecule has 0 bridgehead atoms. The number of aryl methyl sites for hydroxylation is 1. The maximum atomic E-state index is 6.08. The molecule has 0 N–H and O–H groups in total. The Hall–Kier alpha value is -1.94. The quantitative estimate of drug-likeness (QED) is 0.811. The molecule has 0 amide bonds. The number of fused-ring (bicyclic) bond motifs is 1. The van der Waals surface area contributed by atoms with E-state index in [0.717, 1.165) is 31.1 Å². The lowest BCUT2D eigenvalue weighted by molar-refractivity contribution is 0.112. The first-order valence-corrected chi connectivity index (χ1v) is 9.97. The SMILES string of the molecule is Cc1cccc(OCN2CCc3nc(C4CCCCC4)ncc3C2)c1C. The highest BCUT2D eigenvalue weighted by Crippen LogP contribution is 2.31. The predicted octanol–water partition coefficient (Wildman–Crippen LogP) is 4.54. The molecule has 26 heavy (non-hydrogen) atoms. The molecule has 1 aliphatic heterocycles. The number of aromatic nitrogens is 2. The monoisotopic (exact) mass is 351 g/mol. The van der Waals surface area contributed by atoms with Gasteiger partial charge < -0.3 is 4.74 Å². The summed E-state index contributed by atoms with van der Waals surface area (Å²) in [6, 6.07) is 6.24. The van der Waals surface area contributed by atoms with E-state index in [9.17, 15) is 0 Å². The molecule has 2 aliphatic rings. The number of ether oxygens (including phenoxy) is 1. The third kappa shape index (κ3) is 3.75. The predicted molar refractivity (Wildman–Crippen MR) is 103 cm³/mol. The molecule has 0 radical (unpaired) electrons. The van der Waals surface area contributed by atoms with Gasteiger partial charge in [-0.2, -0.15) is 0 Å². The maximum absolute atomic E-state index is 6.08. The molecule has 1 saturated carbocycles. The van der Waals surface area contributed by atoms with E-state index < -0.39 is 0 Å². The molecule has 1 fully saturated rings. The van der Waals surface area contributed by atoms with Gasteiger partial charge in [0.25, 0.3) is 0 Å². The van der Waals surface area contributed by atoms with E-state index in [0.29, 0.717) is 12.6 Å². The summed E-state index contributed by atoms with van der Waals surface area (Å²) in [4.78, 5) is 12.0. The molecule has 4 heteroatoms. The van der Waals surface area contributed by atoms with Crippen molar-refractivity contribution in [2.45, 2.75) is 64.8 Å². The molecule has 0 spiro atoms. The van der Waals surface area contributed by atoms with Crippen LogP contribution in [0.5, 0.6) is 5.75 Å². The van der Waals surface area contributed by atoms with Crippen LogP contribution in [0.1, 0.15) is 66.2 Å². The number of hydrogen-bond donors (Lipinski definition) is 0. The lowest BCUT2D eigenvalue weighted by Gasteiger charge is -2.29. The Kier molecular flexibility index (Phi) is 5.21. The number of rotatable bonds is 4. The van der Waals surface area contributed by atoms with Crippen LogP contribution in [0.4, 0.5) is 0 Å². The van der Waals surface area contributed by atoms with Gasteiger partial charge in [0, 0.05) is 42.9 Å². The van der Waals surface area contributed by atoms with E-state index in [1.807, 2.05) is 0 Å². The Morgan fingerprint density at radius 3 is 2.85 bits per heavy atom. The zero-order valence-corrected chi connectivity index (χ0v) is 16.0. The van der Waals surface area contributed by atoms with Crippen molar-refractivity contribution in [3.8, 4) is 5.75 Å². The fourth-order valence-corrected chi connectivity index (χ4v) is 4.10. The van der Waals surface area contributed by atoms with Crippen molar-refractivity contribution in [3.63, 3.8) is 0 Å². The fourth-order valence-electron chi connectivity index (χ4n) is 4.10. The minimum Gasteiger partial charge on any atom is -0.478 e. The second-order valence-corrected chi connectivity index (χ2v) is 7.81. The van der Waals surface area contributed by atoms with Crippen molar-refractivity contribution < 1.29 is 4.74 Å². The number of nitrogens with zero attached hydrogens (tertiary/aromatic N) is 3. The molecule has 4 nitrogen and oxygen atoms in total.